The lowest BCUT2D eigenvalue weighted by Crippen LogP contribution is -2.23. The van der Waals surface area contributed by atoms with E-state index in [1.165, 1.54) is 36.4 Å². The summed E-state index contributed by atoms with van der Waals surface area (Å²) < 4.78 is 26.7. The second kappa shape index (κ2) is 6.27. The highest BCUT2D eigenvalue weighted by atomic mass is 32.1. The van der Waals surface area contributed by atoms with E-state index in [4.69, 9.17) is 18.0 Å². The second-order valence-corrected chi connectivity index (χ2v) is 4.56. The molecule has 4 nitrogen and oxygen atoms in total. The Labute approximate surface area is 125 Å². The van der Waals surface area contributed by atoms with Gasteiger partial charge in [0.2, 0.25) is 0 Å². The third-order valence-electron chi connectivity index (χ3n) is 2.59. The topological polar surface area (TPSA) is 67.1 Å². The van der Waals surface area contributed by atoms with Crippen LogP contribution in [0, 0.1) is 11.6 Å². The number of anilines is 2. The first-order chi connectivity index (χ1) is 9.97. The van der Waals surface area contributed by atoms with Crippen molar-refractivity contribution in [1.82, 2.24) is 0 Å². The zero-order valence-corrected chi connectivity index (χ0v) is 11.5. The normalized spacial score (nSPS) is 10.0. The largest absolute Gasteiger partial charge is 0.389 e. The predicted octanol–water partition coefficient (Wildman–Crippen LogP) is 3.24. The lowest BCUT2D eigenvalue weighted by Gasteiger charge is -2.12. The summed E-state index contributed by atoms with van der Waals surface area (Å²) >= 11 is 4.75. The van der Waals surface area contributed by atoms with E-state index in [1.807, 2.05) is 0 Å². The van der Waals surface area contributed by atoms with Crippen LogP contribution in [0.1, 0.15) is 5.56 Å². The number of hydrogen-bond donors (Lipinski definition) is 3. The van der Waals surface area contributed by atoms with Gasteiger partial charge in [0.25, 0.3) is 0 Å². The molecule has 0 fully saturated rings. The van der Waals surface area contributed by atoms with Gasteiger partial charge in [-0.25, -0.2) is 13.6 Å². The van der Waals surface area contributed by atoms with E-state index in [1.54, 1.807) is 0 Å². The van der Waals surface area contributed by atoms with Crippen molar-refractivity contribution in [2.45, 2.75) is 0 Å². The second-order valence-electron chi connectivity index (χ2n) is 4.12. The highest BCUT2D eigenvalue weighted by Crippen LogP contribution is 2.19. The Bertz CT molecular complexity index is 706. The molecule has 21 heavy (non-hydrogen) atoms. The van der Waals surface area contributed by atoms with Crippen molar-refractivity contribution in [1.29, 1.82) is 0 Å². The molecule has 108 valence electrons. The van der Waals surface area contributed by atoms with Gasteiger partial charge >= 0.3 is 6.03 Å². The van der Waals surface area contributed by atoms with Crippen molar-refractivity contribution >= 4 is 34.6 Å². The van der Waals surface area contributed by atoms with E-state index in [2.05, 4.69) is 10.6 Å². The number of rotatable bonds is 3. The molecular weight excluding hydrogens is 296 g/mol. The van der Waals surface area contributed by atoms with Gasteiger partial charge in [-0.2, -0.15) is 0 Å². The number of carbonyl (C=O) groups excluding carboxylic acids is 1. The molecule has 0 bridgehead atoms. The maximum atomic E-state index is 13.6. The summed E-state index contributed by atoms with van der Waals surface area (Å²) in [6.07, 6.45) is 0. The van der Waals surface area contributed by atoms with Crippen molar-refractivity contribution in [3.05, 3.63) is 59.7 Å². The lowest BCUT2D eigenvalue weighted by atomic mass is 10.1. The van der Waals surface area contributed by atoms with Crippen LogP contribution in [-0.2, 0) is 0 Å². The molecule has 0 aliphatic rings. The summed E-state index contributed by atoms with van der Waals surface area (Å²) in [5.74, 6) is -1.12. The van der Waals surface area contributed by atoms with Crippen molar-refractivity contribution < 1.29 is 13.6 Å². The van der Waals surface area contributed by atoms with Crippen LogP contribution < -0.4 is 16.4 Å². The predicted molar refractivity (Wildman–Crippen MR) is 81.3 cm³/mol. The zero-order valence-electron chi connectivity index (χ0n) is 10.7. The van der Waals surface area contributed by atoms with Crippen LogP contribution in [0.3, 0.4) is 0 Å². The first-order valence-electron chi connectivity index (χ1n) is 5.89. The first kappa shape index (κ1) is 14.9. The molecule has 0 saturated heterocycles. The van der Waals surface area contributed by atoms with Gasteiger partial charge in [-0.15, -0.1) is 0 Å². The standard InChI is InChI=1S/C14H11F2N3OS/c15-8-3-1-4-9(7-8)18-14(20)19-11-6-2-5-10(16)12(11)13(17)21/h1-7H,(H2,17,21)(H2,18,19,20). The van der Waals surface area contributed by atoms with Crippen LogP contribution in [-0.4, -0.2) is 11.0 Å². The number of benzene rings is 2. The maximum absolute atomic E-state index is 13.6. The molecule has 2 amide bonds. The van der Waals surface area contributed by atoms with E-state index in [0.29, 0.717) is 0 Å². The summed E-state index contributed by atoms with van der Waals surface area (Å²) in [4.78, 5) is 11.7. The minimum absolute atomic E-state index is 0.0538. The minimum atomic E-state index is -0.663. The van der Waals surface area contributed by atoms with Crippen LogP contribution in [0.2, 0.25) is 0 Å². The number of urea groups is 1. The Kier molecular flexibility index (Phi) is 4.44. The van der Waals surface area contributed by atoms with Crippen molar-refractivity contribution in [3.63, 3.8) is 0 Å². The molecule has 0 heterocycles. The van der Waals surface area contributed by atoms with Crippen LogP contribution in [0.4, 0.5) is 25.0 Å². The summed E-state index contributed by atoms with van der Waals surface area (Å²) in [7, 11) is 0. The van der Waals surface area contributed by atoms with Gasteiger partial charge in [-0.3, -0.25) is 0 Å². The fraction of sp³-hybridized carbons (Fsp3) is 0. The number of amides is 2. The third-order valence-corrected chi connectivity index (χ3v) is 2.79. The van der Waals surface area contributed by atoms with Crippen molar-refractivity contribution in [2.75, 3.05) is 10.6 Å². The van der Waals surface area contributed by atoms with E-state index >= 15 is 0 Å². The fourth-order valence-corrected chi connectivity index (χ4v) is 1.94. The van der Waals surface area contributed by atoms with Gasteiger partial charge in [-0.05, 0) is 30.3 Å². The highest BCUT2D eigenvalue weighted by molar-refractivity contribution is 7.80. The summed E-state index contributed by atoms with van der Waals surface area (Å²) in [5.41, 5.74) is 5.78. The molecule has 2 rings (SSSR count). The average molecular weight is 307 g/mol. The molecule has 0 aromatic heterocycles. The number of nitrogens with one attached hydrogen (secondary N) is 2. The highest BCUT2D eigenvalue weighted by Gasteiger charge is 2.13. The molecule has 0 spiro atoms. The van der Waals surface area contributed by atoms with E-state index in [9.17, 15) is 13.6 Å². The van der Waals surface area contributed by atoms with Gasteiger partial charge < -0.3 is 16.4 Å². The zero-order chi connectivity index (χ0) is 15.4. The molecule has 4 N–H and O–H groups in total. The van der Waals surface area contributed by atoms with Gasteiger partial charge in [0.15, 0.2) is 0 Å². The number of thiocarbonyl (C=S) groups is 1. The van der Waals surface area contributed by atoms with Gasteiger partial charge in [-0.1, -0.05) is 24.4 Å². The minimum Gasteiger partial charge on any atom is -0.389 e. The van der Waals surface area contributed by atoms with Crippen molar-refractivity contribution in [3.8, 4) is 0 Å². The average Bonchev–Trinajstić information content (AvgIpc) is 2.37. The quantitative estimate of drug-likeness (QED) is 0.763. The molecule has 0 atom stereocenters. The number of halogens is 2. The van der Waals surface area contributed by atoms with E-state index in [-0.39, 0.29) is 21.9 Å². The van der Waals surface area contributed by atoms with Crippen molar-refractivity contribution in [2.24, 2.45) is 5.73 Å². The Morgan fingerprint density at radius 1 is 1.10 bits per heavy atom. The first-order valence-corrected chi connectivity index (χ1v) is 6.30. The molecule has 2 aromatic carbocycles. The molecule has 0 aliphatic carbocycles. The smallest absolute Gasteiger partial charge is 0.323 e. The molecule has 0 unspecified atom stereocenters. The van der Waals surface area contributed by atoms with E-state index in [0.717, 1.165) is 6.07 Å². The Morgan fingerprint density at radius 3 is 2.48 bits per heavy atom. The molecular formula is C14H11F2N3OS. The number of hydrogen-bond acceptors (Lipinski definition) is 2. The lowest BCUT2D eigenvalue weighted by molar-refractivity contribution is 0.262. The monoisotopic (exact) mass is 307 g/mol. The molecule has 0 aliphatic heterocycles. The summed E-state index contributed by atoms with van der Waals surface area (Å²) in [6, 6.07) is 8.77. The fourth-order valence-electron chi connectivity index (χ4n) is 1.73. The van der Waals surface area contributed by atoms with E-state index < -0.39 is 17.7 Å². The molecule has 7 heteroatoms. The maximum Gasteiger partial charge on any atom is 0.323 e. The Morgan fingerprint density at radius 2 is 1.81 bits per heavy atom. The van der Waals surface area contributed by atoms with Gasteiger partial charge in [0, 0.05) is 5.69 Å². The number of carbonyl (C=O) groups is 1. The Hall–Kier alpha value is -2.54. The van der Waals surface area contributed by atoms with Gasteiger partial charge in [0.1, 0.15) is 16.6 Å². The van der Waals surface area contributed by atoms with Gasteiger partial charge in [0.05, 0.1) is 11.3 Å². The molecule has 0 saturated carbocycles. The Balaban J connectivity index is 2.17. The SMILES string of the molecule is NC(=S)c1c(F)cccc1NC(=O)Nc1cccc(F)c1. The van der Waals surface area contributed by atoms with Crippen LogP contribution in [0.25, 0.3) is 0 Å². The molecule has 0 radical (unpaired) electrons. The summed E-state index contributed by atoms with van der Waals surface area (Å²) in [5, 5.41) is 4.84. The molecule has 2 aromatic rings. The van der Waals surface area contributed by atoms with Crippen LogP contribution in [0.5, 0.6) is 0 Å². The van der Waals surface area contributed by atoms with Crippen LogP contribution in [0.15, 0.2) is 42.5 Å². The summed E-state index contributed by atoms with van der Waals surface area (Å²) in [6.45, 7) is 0. The number of nitrogens with two attached hydrogens (primary N) is 1. The van der Waals surface area contributed by atoms with Crippen LogP contribution >= 0.6 is 12.2 Å². The third kappa shape index (κ3) is 3.73.